The molecule has 1 aliphatic heterocycles. The molecular formula is C41H54N2Si. The molecule has 0 amide bonds. The summed E-state index contributed by atoms with van der Waals surface area (Å²) in [7, 11) is -2.50. The number of fused-ring (bicyclic) bond motifs is 2. The molecule has 1 saturated carbocycles. The second-order valence-electron chi connectivity index (χ2n) is 14.8. The molecule has 1 fully saturated rings. The highest BCUT2D eigenvalue weighted by atomic mass is 28.3. The highest BCUT2D eigenvalue weighted by molar-refractivity contribution is 7.01. The summed E-state index contributed by atoms with van der Waals surface area (Å²) >= 11 is 0. The van der Waals surface area contributed by atoms with Crippen LogP contribution in [0.4, 0.5) is 0 Å². The SMILES string of the molecule is CCCCc1ccc([Si](NC(C)(C)C)(c2ccc(CCCC)cc2)[C@@H]2CC(N3Cc4ccccc4C3)C3C=CC=CC32)cc1. The van der Waals surface area contributed by atoms with E-state index in [0.29, 0.717) is 23.4 Å². The van der Waals surface area contributed by atoms with Crippen molar-refractivity contribution >= 4 is 18.6 Å². The first-order chi connectivity index (χ1) is 21.3. The second-order valence-corrected chi connectivity index (χ2v) is 18.6. The molecule has 2 nitrogen and oxygen atoms in total. The van der Waals surface area contributed by atoms with Crippen LogP contribution in [0.3, 0.4) is 0 Å². The third-order valence-corrected chi connectivity index (χ3v) is 15.9. The highest BCUT2D eigenvalue weighted by Gasteiger charge is 2.57. The van der Waals surface area contributed by atoms with Crippen LogP contribution in [-0.4, -0.2) is 24.7 Å². The number of benzene rings is 3. The number of aryl methyl sites for hydroxylation is 2. The van der Waals surface area contributed by atoms with Gasteiger partial charge in [-0.3, -0.25) is 4.90 Å². The lowest BCUT2D eigenvalue weighted by Crippen LogP contribution is -2.75. The fourth-order valence-electron chi connectivity index (χ4n) is 8.51. The number of hydrogen-bond donors (Lipinski definition) is 1. The quantitative estimate of drug-likeness (QED) is 0.222. The Labute approximate surface area is 268 Å². The second kappa shape index (κ2) is 13.3. The Bertz CT molecular complexity index is 1370. The molecule has 0 spiro atoms. The lowest BCUT2D eigenvalue weighted by atomic mass is 9.89. The Hall–Kier alpha value is -2.72. The molecule has 44 heavy (non-hydrogen) atoms. The summed E-state index contributed by atoms with van der Waals surface area (Å²) in [6.45, 7) is 13.9. The molecular weight excluding hydrogens is 549 g/mol. The number of hydrogen-bond acceptors (Lipinski definition) is 2. The van der Waals surface area contributed by atoms with Crippen molar-refractivity contribution in [1.82, 2.24) is 9.88 Å². The van der Waals surface area contributed by atoms with Crippen molar-refractivity contribution in [1.29, 1.82) is 0 Å². The van der Waals surface area contributed by atoms with Gasteiger partial charge in [0.2, 0.25) is 0 Å². The molecule has 2 aliphatic carbocycles. The van der Waals surface area contributed by atoms with E-state index in [0.717, 1.165) is 13.1 Å². The smallest absolute Gasteiger partial charge is 0.194 e. The maximum Gasteiger partial charge on any atom is 0.194 e. The summed E-state index contributed by atoms with van der Waals surface area (Å²) in [5.41, 5.74) is 6.52. The maximum absolute atomic E-state index is 4.49. The summed E-state index contributed by atoms with van der Waals surface area (Å²) in [5, 5.41) is 3.09. The van der Waals surface area contributed by atoms with Crippen LogP contribution in [0.5, 0.6) is 0 Å². The van der Waals surface area contributed by atoms with Crippen LogP contribution in [0, 0.1) is 11.8 Å². The fourth-order valence-corrected chi connectivity index (χ4v) is 14.2. The molecule has 0 saturated heterocycles. The fraction of sp³-hybridized carbons (Fsp3) is 0.463. The molecule has 232 valence electrons. The normalized spacial score (nSPS) is 23.2. The molecule has 1 heterocycles. The molecule has 0 radical (unpaired) electrons. The van der Waals surface area contributed by atoms with Crippen molar-refractivity contribution in [3.63, 3.8) is 0 Å². The largest absolute Gasteiger partial charge is 0.325 e. The molecule has 4 atom stereocenters. The number of allylic oxidation sites excluding steroid dienone is 3. The standard InChI is InChI=1S/C41H54N2Si/c1-6-8-14-31-20-24-35(25-21-31)44(42-41(3,4)5,36-26-22-32(23-27-36)15-9-7-2)40-28-39(37-18-12-13-19-38(37)40)43-29-33-16-10-11-17-34(33)30-43/h10-13,16-27,37-40,42H,6-9,14-15,28-30H2,1-5H3/t37?,38?,39?,40-/m1/s1. The Morgan fingerprint density at radius 1 is 0.705 bits per heavy atom. The molecule has 1 N–H and O–H groups in total. The predicted octanol–water partition coefficient (Wildman–Crippen LogP) is 8.34. The lowest BCUT2D eigenvalue weighted by molar-refractivity contribution is 0.171. The lowest BCUT2D eigenvalue weighted by Gasteiger charge is -2.46. The molecule has 0 aromatic heterocycles. The van der Waals surface area contributed by atoms with Gasteiger partial charge >= 0.3 is 0 Å². The maximum atomic E-state index is 4.49. The van der Waals surface area contributed by atoms with E-state index in [-0.39, 0.29) is 5.54 Å². The Morgan fingerprint density at radius 2 is 1.20 bits per heavy atom. The van der Waals surface area contributed by atoms with E-state index in [1.54, 1.807) is 10.4 Å². The van der Waals surface area contributed by atoms with E-state index in [1.165, 1.54) is 67.2 Å². The zero-order chi connectivity index (χ0) is 30.7. The Morgan fingerprint density at radius 3 is 1.68 bits per heavy atom. The topological polar surface area (TPSA) is 15.3 Å². The van der Waals surface area contributed by atoms with Crippen molar-refractivity contribution in [3.8, 4) is 0 Å². The molecule has 3 aromatic carbocycles. The van der Waals surface area contributed by atoms with Crippen LogP contribution in [-0.2, 0) is 25.9 Å². The van der Waals surface area contributed by atoms with Gasteiger partial charge in [-0.1, -0.05) is 124 Å². The van der Waals surface area contributed by atoms with Gasteiger partial charge < -0.3 is 4.98 Å². The summed E-state index contributed by atoms with van der Waals surface area (Å²) in [6, 6.07) is 29.6. The minimum Gasteiger partial charge on any atom is -0.325 e. The number of rotatable bonds is 11. The third kappa shape index (κ3) is 6.34. The Kier molecular flexibility index (Phi) is 9.47. The van der Waals surface area contributed by atoms with Gasteiger partial charge in [0.25, 0.3) is 0 Å². The molecule has 3 aliphatic rings. The first-order valence-corrected chi connectivity index (χ1v) is 19.5. The van der Waals surface area contributed by atoms with Crippen molar-refractivity contribution < 1.29 is 0 Å². The van der Waals surface area contributed by atoms with Crippen LogP contribution < -0.4 is 15.4 Å². The van der Waals surface area contributed by atoms with Crippen LogP contribution >= 0.6 is 0 Å². The molecule has 3 aromatic rings. The first kappa shape index (κ1) is 31.3. The first-order valence-electron chi connectivity index (χ1n) is 17.5. The van der Waals surface area contributed by atoms with E-state index in [1.807, 2.05) is 0 Å². The number of unbranched alkanes of at least 4 members (excludes halogenated alkanes) is 2. The molecule has 3 unspecified atom stereocenters. The molecule has 0 bridgehead atoms. The van der Waals surface area contributed by atoms with Gasteiger partial charge in [0, 0.05) is 24.7 Å². The Balaban J connectivity index is 1.46. The third-order valence-electron chi connectivity index (χ3n) is 10.5. The van der Waals surface area contributed by atoms with E-state index >= 15 is 0 Å². The molecule has 6 rings (SSSR count). The van der Waals surface area contributed by atoms with Crippen LogP contribution in [0.25, 0.3) is 0 Å². The van der Waals surface area contributed by atoms with Gasteiger partial charge in [-0.2, -0.15) is 0 Å². The minimum absolute atomic E-state index is 0.0142. The molecule has 3 heteroatoms. The van der Waals surface area contributed by atoms with Gasteiger partial charge in [0.15, 0.2) is 8.24 Å². The van der Waals surface area contributed by atoms with Gasteiger partial charge in [-0.25, -0.2) is 0 Å². The monoisotopic (exact) mass is 602 g/mol. The minimum atomic E-state index is -2.50. The number of nitrogens with zero attached hydrogens (tertiary/aromatic N) is 1. The van der Waals surface area contributed by atoms with E-state index in [4.69, 9.17) is 0 Å². The predicted molar refractivity (Wildman–Crippen MR) is 191 cm³/mol. The van der Waals surface area contributed by atoms with Gasteiger partial charge in [0.1, 0.15) is 0 Å². The van der Waals surface area contributed by atoms with Gasteiger partial charge in [-0.15, -0.1) is 0 Å². The van der Waals surface area contributed by atoms with Gasteiger partial charge in [-0.05, 0) is 103 Å². The average molecular weight is 603 g/mol. The van der Waals surface area contributed by atoms with E-state index in [2.05, 4.69) is 142 Å². The highest BCUT2D eigenvalue weighted by Crippen LogP contribution is 2.52. The van der Waals surface area contributed by atoms with Crippen LogP contribution in [0.15, 0.2) is 97.1 Å². The summed E-state index contributed by atoms with van der Waals surface area (Å²) in [6.07, 6.45) is 18.3. The van der Waals surface area contributed by atoms with E-state index in [9.17, 15) is 0 Å². The van der Waals surface area contributed by atoms with Gasteiger partial charge in [0.05, 0.1) is 0 Å². The van der Waals surface area contributed by atoms with Crippen molar-refractivity contribution in [2.45, 2.75) is 110 Å². The zero-order valence-corrected chi connectivity index (χ0v) is 28.9. The summed E-state index contributed by atoms with van der Waals surface area (Å²) < 4.78 is 0. The zero-order valence-electron chi connectivity index (χ0n) is 27.9. The van der Waals surface area contributed by atoms with Crippen molar-refractivity contribution in [2.75, 3.05) is 0 Å². The van der Waals surface area contributed by atoms with E-state index < -0.39 is 8.24 Å². The van der Waals surface area contributed by atoms with Crippen molar-refractivity contribution in [2.24, 2.45) is 11.8 Å². The summed E-state index contributed by atoms with van der Waals surface area (Å²) in [5.74, 6) is 1.07. The van der Waals surface area contributed by atoms with Crippen molar-refractivity contribution in [3.05, 3.63) is 119 Å². The van der Waals surface area contributed by atoms with Crippen LogP contribution in [0.2, 0.25) is 5.54 Å². The van der Waals surface area contributed by atoms with Crippen LogP contribution in [0.1, 0.15) is 89.0 Å². The summed E-state index contributed by atoms with van der Waals surface area (Å²) in [4.78, 5) is 7.30. The average Bonchev–Trinajstić information content (AvgIpc) is 3.64. The number of nitrogens with one attached hydrogen (secondary N) is 1.